The van der Waals surface area contributed by atoms with E-state index in [1.54, 1.807) is 12.3 Å². The first-order chi connectivity index (χ1) is 19.9. The highest BCUT2D eigenvalue weighted by Gasteiger charge is 2.28. The van der Waals surface area contributed by atoms with Gasteiger partial charge in [0.25, 0.3) is 5.91 Å². The lowest BCUT2D eigenvalue weighted by molar-refractivity contribution is -0.126. The first kappa shape index (κ1) is 30.0. The van der Waals surface area contributed by atoms with Gasteiger partial charge in [0, 0.05) is 74.4 Å². The number of nitriles is 1. The summed E-state index contributed by atoms with van der Waals surface area (Å²) in [5.41, 5.74) is 2.30. The van der Waals surface area contributed by atoms with E-state index in [1.807, 2.05) is 36.7 Å². The molecule has 218 valence electrons. The Morgan fingerprint density at radius 2 is 1.93 bits per heavy atom. The summed E-state index contributed by atoms with van der Waals surface area (Å²) in [4.78, 5) is 34.9. The molecule has 2 amide bonds. The molecule has 4 N–H and O–H groups in total. The number of aromatic nitrogens is 3. The Morgan fingerprint density at radius 1 is 1.15 bits per heavy atom. The van der Waals surface area contributed by atoms with Crippen molar-refractivity contribution in [1.82, 2.24) is 25.2 Å². The molecule has 1 saturated carbocycles. The number of hydrogen-bond acceptors (Lipinski definition) is 8. The number of hydrogen-bond donors (Lipinski definition) is 4. The van der Waals surface area contributed by atoms with E-state index < -0.39 is 0 Å². The Balaban J connectivity index is 1.34. The van der Waals surface area contributed by atoms with Gasteiger partial charge in [-0.1, -0.05) is 0 Å². The third-order valence-electron chi connectivity index (χ3n) is 7.13. The minimum atomic E-state index is -0.199. The van der Waals surface area contributed by atoms with E-state index in [0.717, 1.165) is 37.5 Å². The predicted molar refractivity (Wildman–Crippen MR) is 156 cm³/mol. The number of carbonyl (C=O) groups excluding carboxylic acids is 2. The Morgan fingerprint density at radius 3 is 2.66 bits per heavy atom. The van der Waals surface area contributed by atoms with Crippen molar-refractivity contribution in [2.45, 2.75) is 64.5 Å². The topological polar surface area (TPSA) is 154 Å². The largest absolute Gasteiger partial charge is 0.396 e. The lowest BCUT2D eigenvalue weighted by Gasteiger charge is -2.28. The summed E-state index contributed by atoms with van der Waals surface area (Å²) in [6, 6.07) is 7.69. The van der Waals surface area contributed by atoms with Crippen LogP contribution in [0.3, 0.4) is 0 Å². The van der Waals surface area contributed by atoms with Gasteiger partial charge in [0.15, 0.2) is 0 Å². The molecule has 4 rings (SSSR count). The zero-order chi connectivity index (χ0) is 29.2. The Labute approximate surface area is 240 Å². The van der Waals surface area contributed by atoms with Gasteiger partial charge in [-0.15, -0.1) is 0 Å². The molecular weight excluding hydrogens is 522 g/mol. The van der Waals surface area contributed by atoms with Crippen LogP contribution in [-0.4, -0.2) is 69.9 Å². The van der Waals surface area contributed by atoms with Gasteiger partial charge in [-0.3, -0.25) is 14.2 Å². The second-order valence-electron chi connectivity index (χ2n) is 10.7. The number of ether oxygens (including phenoxy) is 1. The Hall–Kier alpha value is -4.01. The van der Waals surface area contributed by atoms with Crippen LogP contribution in [0.15, 0.2) is 36.8 Å². The van der Waals surface area contributed by atoms with Crippen molar-refractivity contribution in [3.8, 4) is 11.9 Å². The van der Waals surface area contributed by atoms with Gasteiger partial charge in [-0.05, 0) is 64.5 Å². The van der Waals surface area contributed by atoms with E-state index in [9.17, 15) is 9.59 Å². The van der Waals surface area contributed by atoms with Crippen LogP contribution in [0.25, 0.3) is 16.9 Å². The molecule has 1 fully saturated rings. The second-order valence-corrected chi connectivity index (χ2v) is 10.7. The molecule has 3 aromatic heterocycles. The van der Waals surface area contributed by atoms with Crippen molar-refractivity contribution in [1.29, 1.82) is 5.26 Å². The van der Waals surface area contributed by atoms with Crippen molar-refractivity contribution in [3.63, 3.8) is 0 Å². The first-order valence-electron chi connectivity index (χ1n) is 14.3. The van der Waals surface area contributed by atoms with Crippen LogP contribution in [0.2, 0.25) is 0 Å². The molecule has 0 unspecified atom stereocenters. The molecule has 0 saturated heterocycles. The van der Waals surface area contributed by atoms with Gasteiger partial charge in [0.1, 0.15) is 17.5 Å². The van der Waals surface area contributed by atoms with Crippen molar-refractivity contribution >= 4 is 28.5 Å². The van der Waals surface area contributed by atoms with Crippen LogP contribution < -0.4 is 16.0 Å². The van der Waals surface area contributed by atoms with Gasteiger partial charge in [-0.2, -0.15) is 5.26 Å². The van der Waals surface area contributed by atoms with Crippen molar-refractivity contribution < 1.29 is 19.4 Å². The first-order valence-corrected chi connectivity index (χ1v) is 14.3. The van der Waals surface area contributed by atoms with Crippen LogP contribution in [0.4, 0.5) is 5.69 Å². The summed E-state index contributed by atoms with van der Waals surface area (Å²) in [5.74, 6) is 0.423. The molecule has 3 heterocycles. The number of aliphatic hydroxyl groups is 1. The third kappa shape index (κ3) is 8.02. The van der Waals surface area contributed by atoms with Crippen LogP contribution in [-0.2, 0) is 9.53 Å². The van der Waals surface area contributed by atoms with E-state index in [2.05, 4.69) is 32.0 Å². The fraction of sp³-hybridized carbons (Fsp3) is 0.500. The maximum absolute atomic E-state index is 13.3. The van der Waals surface area contributed by atoms with Crippen molar-refractivity contribution in [2.75, 3.05) is 31.7 Å². The molecule has 41 heavy (non-hydrogen) atoms. The molecule has 1 aliphatic rings. The van der Waals surface area contributed by atoms with Gasteiger partial charge >= 0.3 is 0 Å². The predicted octanol–water partition coefficient (Wildman–Crippen LogP) is 3.31. The number of aliphatic hydroxyl groups excluding tert-OH is 1. The molecule has 11 nitrogen and oxygen atoms in total. The van der Waals surface area contributed by atoms with E-state index in [-0.39, 0.29) is 36.4 Å². The number of fused-ring (bicyclic) bond motifs is 1. The number of pyridine rings is 2. The zero-order valence-corrected chi connectivity index (χ0v) is 23.7. The van der Waals surface area contributed by atoms with Crippen LogP contribution in [0, 0.1) is 17.2 Å². The fourth-order valence-electron chi connectivity index (χ4n) is 5.02. The van der Waals surface area contributed by atoms with Gasteiger partial charge in [-0.25, -0.2) is 9.97 Å². The molecule has 0 spiro atoms. The highest BCUT2D eigenvalue weighted by atomic mass is 16.5. The second kappa shape index (κ2) is 14.6. The van der Waals surface area contributed by atoms with E-state index in [1.165, 1.54) is 6.20 Å². The standard InChI is InChI=1S/C30H39N7O4/c1-20(2)35-26-16-27(37-11-9-23-15-21(17-31)18-34-28(23)37)33-19-25(26)30(40)36-24-7-5-22(6-8-24)29(39)32-10-3-13-41-14-4-12-38/h9,11,15-16,18-20,22,24,38H,3-8,10,12-14H2,1-2H3,(H,32,39)(H,33,35)(H,36,40). The molecule has 11 heteroatoms. The zero-order valence-electron chi connectivity index (χ0n) is 23.7. The molecule has 3 aromatic rings. The van der Waals surface area contributed by atoms with Crippen molar-refractivity contribution in [2.24, 2.45) is 5.92 Å². The summed E-state index contributed by atoms with van der Waals surface area (Å²) >= 11 is 0. The number of nitrogens with one attached hydrogen (secondary N) is 3. The maximum Gasteiger partial charge on any atom is 0.255 e. The lowest BCUT2D eigenvalue weighted by atomic mass is 9.85. The minimum absolute atomic E-state index is 0.00928. The number of nitrogens with zero attached hydrogens (tertiary/aromatic N) is 4. The van der Waals surface area contributed by atoms with E-state index in [0.29, 0.717) is 54.5 Å². The van der Waals surface area contributed by atoms with Gasteiger partial charge in [0.2, 0.25) is 5.91 Å². The summed E-state index contributed by atoms with van der Waals surface area (Å²) in [6.45, 7) is 5.80. The Bertz CT molecular complexity index is 1370. The molecular formula is C30H39N7O4. The molecule has 1 aliphatic carbocycles. The normalized spacial score (nSPS) is 16.9. The molecule has 0 aliphatic heterocycles. The average molecular weight is 562 g/mol. The summed E-state index contributed by atoms with van der Waals surface area (Å²) < 4.78 is 7.23. The monoisotopic (exact) mass is 561 g/mol. The molecule has 0 radical (unpaired) electrons. The maximum atomic E-state index is 13.3. The summed E-state index contributed by atoms with van der Waals surface area (Å²) in [5, 5.41) is 28.3. The number of carbonyl (C=O) groups is 2. The van der Waals surface area contributed by atoms with Crippen LogP contribution in [0.5, 0.6) is 0 Å². The van der Waals surface area contributed by atoms with Gasteiger partial charge in [0.05, 0.1) is 16.8 Å². The quantitative estimate of drug-likeness (QED) is 0.232. The van der Waals surface area contributed by atoms with Crippen LogP contribution >= 0.6 is 0 Å². The van der Waals surface area contributed by atoms with E-state index >= 15 is 0 Å². The minimum Gasteiger partial charge on any atom is -0.396 e. The third-order valence-corrected chi connectivity index (χ3v) is 7.13. The SMILES string of the molecule is CC(C)Nc1cc(-n2ccc3cc(C#N)cnc32)ncc1C(=O)NC1CCC(C(=O)NCCCOCCCO)CC1. The highest BCUT2D eigenvalue weighted by Crippen LogP contribution is 2.27. The van der Waals surface area contributed by atoms with Crippen molar-refractivity contribution in [3.05, 3.63) is 47.9 Å². The number of rotatable bonds is 13. The molecule has 0 atom stereocenters. The lowest BCUT2D eigenvalue weighted by Crippen LogP contribution is -2.41. The number of anilines is 1. The van der Waals surface area contributed by atoms with Gasteiger partial charge < -0.3 is 25.8 Å². The summed E-state index contributed by atoms with van der Waals surface area (Å²) in [6.07, 6.45) is 9.23. The smallest absolute Gasteiger partial charge is 0.255 e. The Kier molecular flexibility index (Phi) is 10.6. The highest BCUT2D eigenvalue weighted by molar-refractivity contribution is 6.00. The van der Waals surface area contributed by atoms with Crippen LogP contribution in [0.1, 0.15) is 68.3 Å². The molecule has 0 aromatic carbocycles. The fourth-order valence-corrected chi connectivity index (χ4v) is 5.02. The number of amides is 2. The summed E-state index contributed by atoms with van der Waals surface area (Å²) in [7, 11) is 0. The van der Waals surface area contributed by atoms with E-state index in [4.69, 9.17) is 15.1 Å². The average Bonchev–Trinajstić information content (AvgIpc) is 3.40. The molecule has 0 bridgehead atoms.